The summed E-state index contributed by atoms with van der Waals surface area (Å²) in [6, 6.07) is 7.93. The lowest BCUT2D eigenvalue weighted by molar-refractivity contribution is 0.0918. The van der Waals surface area contributed by atoms with Crippen LogP contribution in [0.4, 0.5) is 0 Å². The summed E-state index contributed by atoms with van der Waals surface area (Å²) in [5.74, 6) is 0.702. The van der Waals surface area contributed by atoms with E-state index in [9.17, 15) is 4.79 Å². The fourth-order valence-electron chi connectivity index (χ4n) is 3.52. The molecule has 0 radical (unpaired) electrons. The standard InChI is InChI=1S/C19H25N7O.2ClH/c1-12(2)17(18-21-14-5-3-4-6-15(14)22-18)23-19(27)16-11-26(25-24-16)13-7-9-20-10-8-13;;/h3-6,11-13,17,20H,7-10H2,1-2H3,(H,21,22)(H,23,27);2*1H. The Kier molecular flexibility index (Phi) is 8.01. The molecule has 1 aromatic carbocycles. The van der Waals surface area contributed by atoms with Gasteiger partial charge in [0.25, 0.3) is 5.91 Å². The zero-order chi connectivity index (χ0) is 18.8. The van der Waals surface area contributed by atoms with Gasteiger partial charge in [0.15, 0.2) is 5.69 Å². The van der Waals surface area contributed by atoms with Crippen LogP contribution < -0.4 is 10.6 Å². The zero-order valence-corrected chi connectivity index (χ0v) is 18.1. The highest BCUT2D eigenvalue weighted by atomic mass is 35.5. The Balaban J connectivity index is 0.00000150. The minimum atomic E-state index is -0.228. The second-order valence-electron chi connectivity index (χ2n) is 7.40. The maximum atomic E-state index is 12.8. The molecule has 0 bridgehead atoms. The highest BCUT2D eigenvalue weighted by Crippen LogP contribution is 2.23. The lowest BCUT2D eigenvalue weighted by Gasteiger charge is -2.22. The van der Waals surface area contributed by atoms with E-state index in [1.807, 2.05) is 28.9 Å². The van der Waals surface area contributed by atoms with Crippen molar-refractivity contribution in [2.24, 2.45) is 5.92 Å². The second-order valence-corrected chi connectivity index (χ2v) is 7.40. The van der Waals surface area contributed by atoms with Gasteiger partial charge in [-0.05, 0) is 44.0 Å². The van der Waals surface area contributed by atoms with Gasteiger partial charge in [-0.15, -0.1) is 29.9 Å². The van der Waals surface area contributed by atoms with Crippen molar-refractivity contribution in [1.29, 1.82) is 0 Å². The second kappa shape index (κ2) is 10.0. The minimum absolute atomic E-state index is 0. The van der Waals surface area contributed by atoms with E-state index in [-0.39, 0.29) is 42.7 Å². The largest absolute Gasteiger partial charge is 0.340 e. The fraction of sp³-hybridized carbons (Fsp3) is 0.474. The van der Waals surface area contributed by atoms with Crippen molar-refractivity contribution >= 4 is 41.8 Å². The molecule has 1 fully saturated rings. The summed E-state index contributed by atoms with van der Waals surface area (Å²) in [5, 5.41) is 14.7. The number of carbonyl (C=O) groups excluding carboxylic acids is 1. The summed E-state index contributed by atoms with van der Waals surface area (Å²) in [6.45, 7) is 6.05. The Hall–Kier alpha value is -2.16. The lowest BCUT2D eigenvalue weighted by Crippen LogP contribution is -2.32. The average Bonchev–Trinajstić information content (AvgIpc) is 3.33. The van der Waals surface area contributed by atoms with Crippen LogP contribution in [0.5, 0.6) is 0 Å². The van der Waals surface area contributed by atoms with Crippen LogP contribution in [0.3, 0.4) is 0 Å². The molecule has 1 saturated heterocycles. The molecule has 0 aliphatic carbocycles. The molecular formula is C19H27Cl2N7O. The number of amides is 1. The number of piperidine rings is 1. The van der Waals surface area contributed by atoms with Crippen LogP contribution in [0.25, 0.3) is 11.0 Å². The number of nitrogens with zero attached hydrogens (tertiary/aromatic N) is 4. The number of halogens is 2. The van der Waals surface area contributed by atoms with Crippen LogP contribution in [0.1, 0.15) is 55.1 Å². The molecule has 1 aliphatic heterocycles. The third-order valence-electron chi connectivity index (χ3n) is 5.08. The number of hydrogen-bond donors (Lipinski definition) is 3. The Morgan fingerprint density at radius 3 is 2.62 bits per heavy atom. The molecule has 1 aliphatic rings. The van der Waals surface area contributed by atoms with E-state index in [1.165, 1.54) is 0 Å². The third-order valence-corrected chi connectivity index (χ3v) is 5.08. The normalized spacial score (nSPS) is 15.6. The van der Waals surface area contributed by atoms with Crippen LogP contribution in [-0.2, 0) is 0 Å². The molecule has 29 heavy (non-hydrogen) atoms. The highest BCUT2D eigenvalue weighted by Gasteiger charge is 2.25. The maximum absolute atomic E-state index is 12.8. The monoisotopic (exact) mass is 439 g/mol. The molecule has 10 heteroatoms. The molecule has 4 rings (SSSR count). The number of benzene rings is 1. The maximum Gasteiger partial charge on any atom is 0.274 e. The van der Waals surface area contributed by atoms with Crippen LogP contribution >= 0.6 is 24.8 Å². The SMILES string of the molecule is CC(C)C(NC(=O)c1cn(C2CCNCC2)nn1)c1nc2ccccc2[nH]1.Cl.Cl. The first-order valence-electron chi connectivity index (χ1n) is 9.50. The summed E-state index contributed by atoms with van der Waals surface area (Å²) in [6.07, 6.45) is 3.75. The molecular weight excluding hydrogens is 413 g/mol. The topological polar surface area (TPSA) is 101 Å². The van der Waals surface area contributed by atoms with Crippen molar-refractivity contribution < 1.29 is 4.79 Å². The van der Waals surface area contributed by atoms with Gasteiger partial charge in [0.2, 0.25) is 0 Å². The first-order chi connectivity index (χ1) is 13.1. The Morgan fingerprint density at radius 2 is 1.93 bits per heavy atom. The predicted molar refractivity (Wildman–Crippen MR) is 117 cm³/mol. The fourth-order valence-corrected chi connectivity index (χ4v) is 3.52. The summed E-state index contributed by atoms with van der Waals surface area (Å²) in [5.41, 5.74) is 2.20. The predicted octanol–water partition coefficient (Wildman–Crippen LogP) is 3.05. The molecule has 0 spiro atoms. The van der Waals surface area contributed by atoms with E-state index >= 15 is 0 Å². The van der Waals surface area contributed by atoms with Gasteiger partial charge >= 0.3 is 0 Å². The van der Waals surface area contributed by atoms with Gasteiger partial charge in [0.05, 0.1) is 29.3 Å². The number of H-pyrrole nitrogens is 1. The third kappa shape index (κ3) is 5.07. The molecule has 0 saturated carbocycles. The van der Waals surface area contributed by atoms with E-state index < -0.39 is 0 Å². The van der Waals surface area contributed by atoms with Gasteiger partial charge in [-0.3, -0.25) is 4.79 Å². The van der Waals surface area contributed by atoms with Crippen LogP contribution in [0.15, 0.2) is 30.5 Å². The van der Waals surface area contributed by atoms with E-state index in [4.69, 9.17) is 0 Å². The number of carbonyl (C=O) groups is 1. The molecule has 3 N–H and O–H groups in total. The van der Waals surface area contributed by atoms with E-state index in [2.05, 4.69) is 44.8 Å². The summed E-state index contributed by atoms with van der Waals surface area (Å²) >= 11 is 0. The van der Waals surface area contributed by atoms with Crippen LogP contribution in [0, 0.1) is 5.92 Å². The zero-order valence-electron chi connectivity index (χ0n) is 16.5. The first kappa shape index (κ1) is 23.1. The molecule has 1 unspecified atom stereocenters. The minimum Gasteiger partial charge on any atom is -0.340 e. The lowest BCUT2D eigenvalue weighted by atomic mass is 10.0. The Bertz CT molecular complexity index is 900. The molecule has 2 aromatic heterocycles. The average molecular weight is 440 g/mol. The number of rotatable bonds is 5. The van der Waals surface area contributed by atoms with Gasteiger partial charge in [0, 0.05) is 0 Å². The van der Waals surface area contributed by atoms with Crippen LogP contribution in [0.2, 0.25) is 0 Å². The Labute approximate surface area is 182 Å². The van der Waals surface area contributed by atoms with Gasteiger partial charge < -0.3 is 15.6 Å². The number of nitrogens with one attached hydrogen (secondary N) is 3. The number of aromatic nitrogens is 5. The summed E-state index contributed by atoms with van der Waals surface area (Å²) < 4.78 is 1.82. The van der Waals surface area contributed by atoms with Gasteiger partial charge in [0.1, 0.15) is 5.82 Å². The van der Waals surface area contributed by atoms with Gasteiger partial charge in [-0.25, -0.2) is 9.67 Å². The molecule has 1 atom stereocenters. The van der Waals surface area contributed by atoms with Crippen molar-refractivity contribution in [3.63, 3.8) is 0 Å². The molecule has 1 amide bonds. The smallest absolute Gasteiger partial charge is 0.274 e. The molecule has 158 valence electrons. The molecule has 3 aromatic rings. The number of para-hydroxylation sites is 2. The summed E-state index contributed by atoms with van der Waals surface area (Å²) in [4.78, 5) is 20.7. The molecule has 3 heterocycles. The van der Waals surface area contributed by atoms with Gasteiger partial charge in [-0.2, -0.15) is 0 Å². The van der Waals surface area contributed by atoms with Crippen molar-refractivity contribution in [1.82, 2.24) is 35.6 Å². The number of fused-ring (bicyclic) bond motifs is 1. The van der Waals surface area contributed by atoms with E-state index in [1.54, 1.807) is 6.20 Å². The number of hydrogen-bond acceptors (Lipinski definition) is 5. The van der Waals surface area contributed by atoms with Crippen LogP contribution in [-0.4, -0.2) is 44.0 Å². The van der Waals surface area contributed by atoms with Crippen molar-refractivity contribution in [3.05, 3.63) is 42.0 Å². The summed E-state index contributed by atoms with van der Waals surface area (Å²) in [7, 11) is 0. The number of imidazole rings is 1. The molecule has 8 nitrogen and oxygen atoms in total. The van der Waals surface area contributed by atoms with E-state index in [0.717, 1.165) is 42.8 Å². The quantitative estimate of drug-likeness (QED) is 0.566. The van der Waals surface area contributed by atoms with Crippen molar-refractivity contribution in [2.75, 3.05) is 13.1 Å². The number of aromatic amines is 1. The highest BCUT2D eigenvalue weighted by molar-refractivity contribution is 5.92. The van der Waals surface area contributed by atoms with Crippen molar-refractivity contribution in [3.8, 4) is 0 Å². The van der Waals surface area contributed by atoms with E-state index in [0.29, 0.717) is 11.7 Å². The Morgan fingerprint density at radius 1 is 1.21 bits per heavy atom. The first-order valence-corrected chi connectivity index (χ1v) is 9.50. The van der Waals surface area contributed by atoms with Crippen molar-refractivity contribution in [2.45, 2.75) is 38.8 Å². The van der Waals surface area contributed by atoms with Gasteiger partial charge in [-0.1, -0.05) is 31.2 Å².